The number of esters is 1. The molecule has 174 valence electrons. The molecule has 3 rings (SSSR count). The number of ether oxygens (including phenoxy) is 3. The van der Waals surface area contributed by atoms with Gasteiger partial charge in [0.25, 0.3) is 0 Å². The molecule has 33 heavy (non-hydrogen) atoms. The van der Waals surface area contributed by atoms with E-state index in [1.165, 1.54) is 6.92 Å². The van der Waals surface area contributed by atoms with Gasteiger partial charge in [0, 0.05) is 19.0 Å². The molecule has 0 radical (unpaired) electrons. The van der Waals surface area contributed by atoms with Crippen molar-refractivity contribution in [2.24, 2.45) is 0 Å². The van der Waals surface area contributed by atoms with Crippen molar-refractivity contribution in [2.45, 2.75) is 53.2 Å². The molecule has 0 amide bonds. The molecule has 0 aromatic heterocycles. The van der Waals surface area contributed by atoms with Gasteiger partial charge in [0.1, 0.15) is 17.6 Å². The summed E-state index contributed by atoms with van der Waals surface area (Å²) < 4.78 is 18.0. The molecule has 0 aliphatic heterocycles. The van der Waals surface area contributed by atoms with Crippen LogP contribution in [0.25, 0.3) is 0 Å². The summed E-state index contributed by atoms with van der Waals surface area (Å²) in [6.45, 7) is 12.2. The highest BCUT2D eigenvalue weighted by Gasteiger charge is 2.21. The number of benzene rings is 3. The van der Waals surface area contributed by atoms with Gasteiger partial charge in [-0.1, -0.05) is 41.5 Å². The molecule has 0 spiro atoms. The number of carbonyl (C=O) groups excluding carboxylic acids is 1. The summed E-state index contributed by atoms with van der Waals surface area (Å²) in [6.07, 6.45) is -0.462. The van der Waals surface area contributed by atoms with Crippen LogP contribution in [0.1, 0.15) is 50.5 Å². The normalized spacial score (nSPS) is 12.2. The Labute approximate surface area is 196 Å². The van der Waals surface area contributed by atoms with Gasteiger partial charge in [-0.05, 0) is 76.6 Å². The smallest absolute Gasteiger partial charge is 0.303 e. The first-order valence-corrected chi connectivity index (χ1v) is 11.1. The molecule has 0 bridgehead atoms. The Kier molecular flexibility index (Phi) is 7.77. The van der Waals surface area contributed by atoms with Gasteiger partial charge in [-0.2, -0.15) is 0 Å². The molecule has 0 saturated heterocycles. The van der Waals surface area contributed by atoms with E-state index >= 15 is 0 Å². The summed E-state index contributed by atoms with van der Waals surface area (Å²) in [7, 11) is 0. The summed E-state index contributed by atoms with van der Waals surface area (Å²) in [6, 6.07) is 21.3. The molecule has 0 heterocycles. The average molecular weight is 448 g/mol. The van der Waals surface area contributed by atoms with Gasteiger partial charge in [0.05, 0.1) is 0 Å². The molecule has 0 aliphatic rings. The fraction of sp³-hybridized carbons (Fsp3) is 0.321. The minimum atomic E-state index is -0.462. The molecule has 1 atom stereocenters. The number of hydrogen-bond donors (Lipinski definition) is 1. The van der Waals surface area contributed by atoms with Crippen LogP contribution in [0, 0.1) is 13.8 Å². The summed E-state index contributed by atoms with van der Waals surface area (Å²) in [5, 5.41) is 3.41. The average Bonchev–Trinajstić information content (AvgIpc) is 2.74. The SMILES string of the molecule is CC(=O)OC(CNC(C)(C)C)c1ccc(Oc2ccc(C)cc2)c(Oc2ccc(C)cc2)c1. The van der Waals surface area contributed by atoms with Crippen LogP contribution in [0.3, 0.4) is 0 Å². The molecule has 1 N–H and O–H groups in total. The van der Waals surface area contributed by atoms with Gasteiger partial charge in [-0.25, -0.2) is 0 Å². The third-order valence-electron chi connectivity index (χ3n) is 4.96. The Morgan fingerprint density at radius 3 is 1.82 bits per heavy atom. The van der Waals surface area contributed by atoms with Crippen molar-refractivity contribution in [3.63, 3.8) is 0 Å². The molecule has 3 aromatic rings. The van der Waals surface area contributed by atoms with Crippen LogP contribution < -0.4 is 14.8 Å². The van der Waals surface area contributed by atoms with Crippen molar-refractivity contribution in [2.75, 3.05) is 6.54 Å². The Hall–Kier alpha value is -3.31. The number of hydrogen-bond acceptors (Lipinski definition) is 5. The van der Waals surface area contributed by atoms with Crippen LogP contribution in [0.5, 0.6) is 23.0 Å². The number of carbonyl (C=O) groups is 1. The second kappa shape index (κ2) is 10.5. The first-order valence-electron chi connectivity index (χ1n) is 11.1. The highest BCUT2D eigenvalue weighted by molar-refractivity contribution is 5.66. The van der Waals surface area contributed by atoms with E-state index in [-0.39, 0.29) is 11.5 Å². The number of aryl methyl sites for hydroxylation is 2. The predicted octanol–water partition coefficient (Wildman–Crippen LogP) is 6.88. The molecular formula is C28H33NO4. The van der Waals surface area contributed by atoms with E-state index in [1.54, 1.807) is 0 Å². The Bertz CT molecular complexity index is 1070. The number of rotatable bonds is 8. The van der Waals surface area contributed by atoms with Gasteiger partial charge >= 0.3 is 5.97 Å². The van der Waals surface area contributed by atoms with Crippen LogP contribution in [-0.2, 0) is 9.53 Å². The van der Waals surface area contributed by atoms with E-state index in [9.17, 15) is 4.79 Å². The lowest BCUT2D eigenvalue weighted by Crippen LogP contribution is -2.39. The first-order chi connectivity index (χ1) is 15.6. The van der Waals surface area contributed by atoms with Crippen LogP contribution >= 0.6 is 0 Å². The zero-order valence-corrected chi connectivity index (χ0v) is 20.3. The third-order valence-corrected chi connectivity index (χ3v) is 4.96. The van der Waals surface area contributed by atoms with Crippen molar-refractivity contribution in [3.8, 4) is 23.0 Å². The fourth-order valence-corrected chi connectivity index (χ4v) is 3.18. The van der Waals surface area contributed by atoms with Crippen LogP contribution in [0.2, 0.25) is 0 Å². The highest BCUT2D eigenvalue weighted by Crippen LogP contribution is 2.37. The highest BCUT2D eigenvalue weighted by atomic mass is 16.5. The van der Waals surface area contributed by atoms with Crippen LogP contribution in [-0.4, -0.2) is 18.1 Å². The van der Waals surface area contributed by atoms with E-state index in [0.29, 0.717) is 29.5 Å². The molecule has 0 aliphatic carbocycles. The van der Waals surface area contributed by atoms with Crippen molar-refractivity contribution < 1.29 is 19.0 Å². The van der Waals surface area contributed by atoms with E-state index in [1.807, 2.05) is 80.6 Å². The second-order valence-corrected chi connectivity index (χ2v) is 9.27. The van der Waals surface area contributed by atoms with Crippen molar-refractivity contribution >= 4 is 5.97 Å². The van der Waals surface area contributed by atoms with E-state index in [0.717, 1.165) is 16.7 Å². The minimum absolute atomic E-state index is 0.117. The van der Waals surface area contributed by atoms with E-state index in [4.69, 9.17) is 14.2 Å². The van der Waals surface area contributed by atoms with E-state index in [2.05, 4.69) is 26.1 Å². The zero-order valence-electron chi connectivity index (χ0n) is 20.3. The molecular weight excluding hydrogens is 414 g/mol. The standard InChI is InChI=1S/C28H33NO4/c1-19-7-12-23(13-8-19)32-25-16-11-22(27(31-21(3)30)18-29-28(4,5)6)17-26(25)33-24-14-9-20(2)10-15-24/h7-17,27,29H,18H2,1-6H3. The fourth-order valence-electron chi connectivity index (χ4n) is 3.18. The molecule has 5 nitrogen and oxygen atoms in total. The summed E-state index contributed by atoms with van der Waals surface area (Å²) in [5.74, 6) is 2.20. The Morgan fingerprint density at radius 1 is 0.818 bits per heavy atom. The van der Waals surface area contributed by atoms with Crippen molar-refractivity contribution in [3.05, 3.63) is 83.4 Å². The van der Waals surface area contributed by atoms with Gasteiger partial charge < -0.3 is 19.5 Å². The second-order valence-electron chi connectivity index (χ2n) is 9.27. The lowest BCUT2D eigenvalue weighted by molar-refractivity contribution is -0.146. The maximum Gasteiger partial charge on any atom is 0.303 e. The van der Waals surface area contributed by atoms with Crippen LogP contribution in [0.4, 0.5) is 0 Å². The number of nitrogens with one attached hydrogen (secondary N) is 1. The maximum absolute atomic E-state index is 11.8. The summed E-state index contributed by atoms with van der Waals surface area (Å²) in [5.41, 5.74) is 3.01. The largest absolute Gasteiger partial charge is 0.456 e. The monoisotopic (exact) mass is 447 g/mol. The van der Waals surface area contributed by atoms with Crippen molar-refractivity contribution in [1.82, 2.24) is 5.32 Å². The van der Waals surface area contributed by atoms with E-state index < -0.39 is 6.10 Å². The van der Waals surface area contributed by atoms with Crippen LogP contribution in [0.15, 0.2) is 66.7 Å². The summed E-state index contributed by atoms with van der Waals surface area (Å²) >= 11 is 0. The predicted molar refractivity (Wildman–Crippen MR) is 131 cm³/mol. The quantitative estimate of drug-likeness (QED) is 0.381. The first kappa shape index (κ1) is 24.3. The lowest BCUT2D eigenvalue weighted by Gasteiger charge is -2.26. The Balaban J connectivity index is 1.95. The van der Waals surface area contributed by atoms with Gasteiger partial charge in [0.2, 0.25) is 0 Å². The van der Waals surface area contributed by atoms with Crippen molar-refractivity contribution in [1.29, 1.82) is 0 Å². The molecule has 0 saturated carbocycles. The topological polar surface area (TPSA) is 56.8 Å². The molecule has 3 aromatic carbocycles. The van der Waals surface area contributed by atoms with Gasteiger partial charge in [0.15, 0.2) is 11.5 Å². The van der Waals surface area contributed by atoms with Gasteiger partial charge in [-0.15, -0.1) is 0 Å². The zero-order chi connectivity index (χ0) is 24.0. The van der Waals surface area contributed by atoms with Gasteiger partial charge in [-0.3, -0.25) is 4.79 Å². The summed E-state index contributed by atoms with van der Waals surface area (Å²) in [4.78, 5) is 11.8. The lowest BCUT2D eigenvalue weighted by atomic mass is 10.1. The molecule has 1 unspecified atom stereocenters. The maximum atomic E-state index is 11.8. The molecule has 0 fully saturated rings. The third kappa shape index (κ3) is 7.65. The Morgan fingerprint density at radius 2 is 1.33 bits per heavy atom. The molecule has 5 heteroatoms. The minimum Gasteiger partial charge on any atom is -0.456 e.